The van der Waals surface area contributed by atoms with Crippen LogP contribution in [0, 0.1) is 0 Å². The molecule has 0 aliphatic heterocycles. The van der Waals surface area contributed by atoms with Crippen molar-refractivity contribution in [3.63, 3.8) is 0 Å². The molecule has 0 saturated heterocycles. The maximum absolute atomic E-state index is 11.8. The van der Waals surface area contributed by atoms with Gasteiger partial charge in [-0.1, -0.05) is 0 Å². The minimum absolute atomic E-state index is 0.0807. The summed E-state index contributed by atoms with van der Waals surface area (Å²) in [5.74, 6) is 0.644. The summed E-state index contributed by atoms with van der Waals surface area (Å²) < 4.78 is 5.33. The molecule has 1 rings (SSSR count). The predicted molar refractivity (Wildman–Crippen MR) is 68.2 cm³/mol. The van der Waals surface area contributed by atoms with Crippen molar-refractivity contribution in [3.8, 4) is 5.75 Å². The molecule has 0 saturated carbocycles. The minimum atomic E-state index is -0.230. The summed E-state index contributed by atoms with van der Waals surface area (Å²) >= 11 is 0. The third-order valence-electron chi connectivity index (χ3n) is 1.99. The average molecular weight is 236 g/mol. The quantitative estimate of drug-likeness (QED) is 0.833. The molecule has 1 aromatic rings. The van der Waals surface area contributed by atoms with Crippen molar-refractivity contribution >= 4 is 5.91 Å². The van der Waals surface area contributed by atoms with Crippen molar-refractivity contribution in [2.45, 2.75) is 26.3 Å². The first-order chi connectivity index (χ1) is 7.92. The largest absolute Gasteiger partial charge is 0.492 e. The SMILES string of the molecule is CC(C)(C)NC(=O)c1ccc(OCCN)cc1. The Morgan fingerprint density at radius 3 is 2.35 bits per heavy atom. The molecule has 4 heteroatoms. The van der Waals surface area contributed by atoms with Crippen LogP contribution in [-0.4, -0.2) is 24.6 Å². The first kappa shape index (κ1) is 13.5. The molecule has 0 fully saturated rings. The van der Waals surface area contributed by atoms with Crippen molar-refractivity contribution in [1.29, 1.82) is 0 Å². The third kappa shape index (κ3) is 4.87. The minimum Gasteiger partial charge on any atom is -0.492 e. The number of rotatable bonds is 4. The van der Waals surface area contributed by atoms with E-state index in [9.17, 15) is 4.79 Å². The second-order valence-corrected chi connectivity index (χ2v) is 4.87. The second kappa shape index (κ2) is 5.68. The highest BCUT2D eigenvalue weighted by atomic mass is 16.5. The Balaban J connectivity index is 2.64. The highest BCUT2D eigenvalue weighted by Gasteiger charge is 2.14. The summed E-state index contributed by atoms with van der Waals surface area (Å²) in [6.07, 6.45) is 0. The fraction of sp³-hybridized carbons (Fsp3) is 0.462. The summed E-state index contributed by atoms with van der Waals surface area (Å²) in [6.45, 7) is 6.80. The van der Waals surface area contributed by atoms with Crippen molar-refractivity contribution in [1.82, 2.24) is 5.32 Å². The van der Waals surface area contributed by atoms with Crippen molar-refractivity contribution in [3.05, 3.63) is 29.8 Å². The van der Waals surface area contributed by atoms with Gasteiger partial charge in [0.1, 0.15) is 12.4 Å². The topological polar surface area (TPSA) is 64.3 Å². The zero-order valence-electron chi connectivity index (χ0n) is 10.6. The van der Waals surface area contributed by atoms with Crippen LogP contribution < -0.4 is 15.8 Å². The van der Waals surface area contributed by atoms with Crippen LogP contribution >= 0.6 is 0 Å². The number of amides is 1. The Morgan fingerprint density at radius 1 is 1.29 bits per heavy atom. The summed E-state index contributed by atoms with van der Waals surface area (Å²) in [6, 6.07) is 7.03. The van der Waals surface area contributed by atoms with E-state index in [-0.39, 0.29) is 11.4 Å². The van der Waals surface area contributed by atoms with Crippen LogP contribution in [0.15, 0.2) is 24.3 Å². The lowest BCUT2D eigenvalue weighted by atomic mass is 10.1. The second-order valence-electron chi connectivity index (χ2n) is 4.87. The summed E-state index contributed by atoms with van der Waals surface area (Å²) in [4.78, 5) is 11.8. The van der Waals surface area contributed by atoms with Gasteiger partial charge in [-0.25, -0.2) is 0 Å². The molecule has 3 N–H and O–H groups in total. The Labute approximate surface area is 102 Å². The third-order valence-corrected chi connectivity index (χ3v) is 1.99. The highest BCUT2D eigenvalue weighted by Crippen LogP contribution is 2.12. The monoisotopic (exact) mass is 236 g/mol. The molecule has 0 bridgehead atoms. The van der Waals surface area contributed by atoms with Gasteiger partial charge in [0, 0.05) is 17.6 Å². The smallest absolute Gasteiger partial charge is 0.251 e. The maximum Gasteiger partial charge on any atom is 0.251 e. The number of benzene rings is 1. The highest BCUT2D eigenvalue weighted by molar-refractivity contribution is 5.94. The van der Waals surface area contributed by atoms with Gasteiger partial charge in [0.05, 0.1) is 0 Å². The van der Waals surface area contributed by atoms with Gasteiger partial charge in [0.15, 0.2) is 0 Å². The van der Waals surface area contributed by atoms with E-state index in [0.29, 0.717) is 18.7 Å². The van der Waals surface area contributed by atoms with Crippen LogP contribution in [-0.2, 0) is 0 Å². The van der Waals surface area contributed by atoms with E-state index in [1.54, 1.807) is 24.3 Å². The van der Waals surface area contributed by atoms with Gasteiger partial charge < -0.3 is 15.8 Å². The zero-order valence-corrected chi connectivity index (χ0v) is 10.6. The molecule has 0 unspecified atom stereocenters. The summed E-state index contributed by atoms with van der Waals surface area (Å²) in [7, 11) is 0. The summed E-state index contributed by atoms with van der Waals surface area (Å²) in [5, 5.41) is 2.90. The number of nitrogens with one attached hydrogen (secondary N) is 1. The van der Waals surface area contributed by atoms with Crippen molar-refractivity contribution in [2.75, 3.05) is 13.2 Å². The molecule has 0 aliphatic rings. The van der Waals surface area contributed by atoms with Crippen LogP contribution in [0.1, 0.15) is 31.1 Å². The van der Waals surface area contributed by atoms with E-state index < -0.39 is 0 Å². The van der Waals surface area contributed by atoms with Crippen molar-refractivity contribution < 1.29 is 9.53 Å². The zero-order chi connectivity index (χ0) is 12.9. The van der Waals surface area contributed by atoms with Crippen LogP contribution in [0.5, 0.6) is 5.75 Å². The Morgan fingerprint density at radius 2 is 1.88 bits per heavy atom. The fourth-order valence-corrected chi connectivity index (χ4v) is 1.29. The Kier molecular flexibility index (Phi) is 4.52. The van der Waals surface area contributed by atoms with Gasteiger partial charge in [0.2, 0.25) is 0 Å². The van der Waals surface area contributed by atoms with Gasteiger partial charge in [0.25, 0.3) is 5.91 Å². The first-order valence-corrected chi connectivity index (χ1v) is 5.68. The number of ether oxygens (including phenoxy) is 1. The van der Waals surface area contributed by atoms with Gasteiger partial charge in [-0.05, 0) is 45.0 Å². The van der Waals surface area contributed by atoms with Gasteiger partial charge in [-0.15, -0.1) is 0 Å². The summed E-state index contributed by atoms with van der Waals surface area (Å²) in [5.41, 5.74) is 5.73. The molecule has 94 valence electrons. The maximum atomic E-state index is 11.8. The molecular weight excluding hydrogens is 216 g/mol. The molecule has 4 nitrogen and oxygen atoms in total. The molecule has 0 aromatic heterocycles. The molecule has 0 heterocycles. The number of hydrogen-bond donors (Lipinski definition) is 2. The Hall–Kier alpha value is -1.55. The number of nitrogens with two attached hydrogens (primary N) is 1. The molecule has 0 spiro atoms. The van der Waals surface area contributed by atoms with Crippen LogP contribution in [0.3, 0.4) is 0 Å². The lowest BCUT2D eigenvalue weighted by Crippen LogP contribution is -2.40. The molecular formula is C13H20N2O2. The van der Waals surface area contributed by atoms with Crippen LogP contribution in [0.4, 0.5) is 0 Å². The molecule has 0 atom stereocenters. The molecule has 1 amide bonds. The van der Waals surface area contributed by atoms with E-state index in [0.717, 1.165) is 5.75 Å². The molecule has 1 aromatic carbocycles. The molecule has 17 heavy (non-hydrogen) atoms. The number of carbonyl (C=O) groups is 1. The number of hydrogen-bond acceptors (Lipinski definition) is 3. The van der Waals surface area contributed by atoms with E-state index in [2.05, 4.69) is 5.32 Å². The molecule has 0 radical (unpaired) electrons. The fourth-order valence-electron chi connectivity index (χ4n) is 1.29. The van der Waals surface area contributed by atoms with E-state index >= 15 is 0 Å². The Bertz CT molecular complexity index is 366. The number of carbonyl (C=O) groups excluding carboxylic acids is 1. The van der Waals surface area contributed by atoms with E-state index in [4.69, 9.17) is 10.5 Å². The van der Waals surface area contributed by atoms with Crippen molar-refractivity contribution in [2.24, 2.45) is 5.73 Å². The lowest BCUT2D eigenvalue weighted by Gasteiger charge is -2.20. The van der Waals surface area contributed by atoms with E-state index in [1.807, 2.05) is 20.8 Å². The first-order valence-electron chi connectivity index (χ1n) is 5.68. The predicted octanol–water partition coefficient (Wildman–Crippen LogP) is 1.55. The lowest BCUT2D eigenvalue weighted by molar-refractivity contribution is 0.0919. The van der Waals surface area contributed by atoms with Gasteiger partial charge in [-0.2, -0.15) is 0 Å². The average Bonchev–Trinajstić information content (AvgIpc) is 2.24. The van der Waals surface area contributed by atoms with Crippen LogP contribution in [0.25, 0.3) is 0 Å². The van der Waals surface area contributed by atoms with Gasteiger partial charge in [-0.3, -0.25) is 4.79 Å². The van der Waals surface area contributed by atoms with Gasteiger partial charge >= 0.3 is 0 Å². The standard InChI is InChI=1S/C13H20N2O2/c1-13(2,3)15-12(16)10-4-6-11(7-5-10)17-9-8-14/h4-7H,8-9,14H2,1-3H3,(H,15,16). The van der Waals surface area contributed by atoms with Crippen LogP contribution in [0.2, 0.25) is 0 Å². The van der Waals surface area contributed by atoms with E-state index in [1.165, 1.54) is 0 Å². The molecule has 0 aliphatic carbocycles. The normalized spacial score (nSPS) is 11.1.